The molecule has 2 aromatic rings. The number of carbonyl (C=O) groups excluding carboxylic acids is 2. The molecule has 3 atom stereocenters. The van der Waals surface area contributed by atoms with Gasteiger partial charge < -0.3 is 19.7 Å². The van der Waals surface area contributed by atoms with Crippen molar-refractivity contribution in [1.82, 2.24) is 5.32 Å². The van der Waals surface area contributed by atoms with Crippen LogP contribution in [0, 0.1) is 0 Å². The van der Waals surface area contributed by atoms with Crippen LogP contribution in [0.15, 0.2) is 30.3 Å². The first-order chi connectivity index (χ1) is 12.1. The number of ether oxygens (including phenoxy) is 1. The Morgan fingerprint density at radius 3 is 2.50 bits per heavy atom. The lowest BCUT2D eigenvalue weighted by molar-refractivity contribution is -0.0614. The fraction of sp³-hybridized carbons (Fsp3) is 0.333. The Hall–Kier alpha value is -1.93. The van der Waals surface area contributed by atoms with Crippen molar-refractivity contribution in [3.8, 4) is 5.75 Å². The van der Waals surface area contributed by atoms with E-state index in [4.69, 9.17) is 16.3 Å². The van der Waals surface area contributed by atoms with Gasteiger partial charge in [-0.1, -0.05) is 11.6 Å². The maximum atomic E-state index is 12.7. The average Bonchev–Trinajstić information content (AvgIpc) is 2.88. The first-order valence-electron chi connectivity index (χ1n) is 7.94. The van der Waals surface area contributed by atoms with E-state index in [-0.39, 0.29) is 21.3 Å². The van der Waals surface area contributed by atoms with Crippen molar-refractivity contribution in [2.24, 2.45) is 0 Å². The molecule has 1 aliphatic heterocycles. The van der Waals surface area contributed by atoms with Crippen LogP contribution >= 0.6 is 22.4 Å². The molecular weight excluding hydrogens is 378 g/mol. The second-order valence-electron chi connectivity index (χ2n) is 6.67. The third-order valence-corrected chi connectivity index (χ3v) is 6.24. The molecule has 0 aliphatic carbocycles. The summed E-state index contributed by atoms with van der Waals surface area (Å²) >= 11 is 5.83. The van der Waals surface area contributed by atoms with Gasteiger partial charge in [-0.05, 0) is 48.9 Å². The highest BCUT2D eigenvalue weighted by Crippen LogP contribution is 2.48. The summed E-state index contributed by atoms with van der Waals surface area (Å²) in [6.45, 7) is 4.63. The van der Waals surface area contributed by atoms with E-state index in [0.717, 1.165) is 0 Å². The van der Waals surface area contributed by atoms with Crippen LogP contribution in [0.25, 0.3) is 0 Å². The van der Waals surface area contributed by atoms with Gasteiger partial charge in [0.15, 0.2) is 5.75 Å². The van der Waals surface area contributed by atoms with E-state index >= 15 is 0 Å². The molecule has 1 aromatic heterocycles. The number of carbonyl (C=O) groups is 2. The van der Waals surface area contributed by atoms with E-state index in [1.165, 1.54) is 13.0 Å². The van der Waals surface area contributed by atoms with E-state index < -0.39 is 34.4 Å². The number of hydrogen-bond donors (Lipinski definition) is 2. The van der Waals surface area contributed by atoms with E-state index in [9.17, 15) is 19.2 Å². The smallest absolute Gasteiger partial charge is 0.252 e. The van der Waals surface area contributed by atoms with Crippen molar-refractivity contribution >= 4 is 34.0 Å². The van der Waals surface area contributed by atoms with Gasteiger partial charge in [0.2, 0.25) is 15.5 Å². The van der Waals surface area contributed by atoms with Gasteiger partial charge in [0.25, 0.3) is 5.91 Å². The zero-order chi connectivity index (χ0) is 19.2. The van der Waals surface area contributed by atoms with Crippen LogP contribution in [-0.2, 0) is 0 Å². The van der Waals surface area contributed by atoms with Crippen LogP contribution in [-0.4, -0.2) is 33.1 Å². The summed E-state index contributed by atoms with van der Waals surface area (Å²) in [7, 11) is -1.80. The molecule has 26 heavy (non-hydrogen) atoms. The molecule has 0 saturated carbocycles. The van der Waals surface area contributed by atoms with E-state index in [2.05, 4.69) is 5.32 Å². The fourth-order valence-corrected chi connectivity index (χ4v) is 4.43. The Labute approximate surface area is 158 Å². The number of thiophene rings is 1. The zero-order valence-electron chi connectivity index (χ0n) is 14.4. The van der Waals surface area contributed by atoms with Gasteiger partial charge in [0.1, 0.15) is 17.7 Å². The number of amides is 1. The van der Waals surface area contributed by atoms with Crippen LogP contribution in [0.3, 0.4) is 0 Å². The molecule has 0 radical (unpaired) electrons. The first kappa shape index (κ1) is 18.8. The molecule has 1 aliphatic rings. The molecule has 0 fully saturated rings. The minimum Gasteiger partial charge on any atom is -0.590 e. The lowest BCUT2D eigenvalue weighted by atomic mass is 9.90. The number of rotatable bonds is 3. The lowest BCUT2D eigenvalue weighted by Crippen LogP contribution is -2.53. The van der Waals surface area contributed by atoms with E-state index in [1.807, 2.05) is 0 Å². The molecule has 8 heteroatoms. The number of aliphatic hydroxyl groups excluding tert-OH is 1. The average molecular weight is 396 g/mol. The summed E-state index contributed by atoms with van der Waals surface area (Å²) in [6.07, 6.45) is -1.15. The van der Waals surface area contributed by atoms with Gasteiger partial charge in [-0.3, -0.25) is 9.59 Å². The molecule has 138 valence electrons. The van der Waals surface area contributed by atoms with Crippen LogP contribution in [0.2, 0.25) is 5.02 Å². The molecule has 2 N–H and O–H groups in total. The Morgan fingerprint density at radius 2 is 1.92 bits per heavy atom. The predicted molar refractivity (Wildman–Crippen MR) is 97.5 cm³/mol. The standard InChI is InChI=1S/C18H18ClNO5S/c1-9(21)13-8-12-15(26(13)24)14(16(22)18(2,3)25-12)20-17(23)10-4-6-11(19)7-5-10/h4-8,14,16,22H,1-3H3,(H,20,23)/t14-,16+,26?/m1/s1. The highest BCUT2D eigenvalue weighted by molar-refractivity contribution is 7.27. The zero-order valence-corrected chi connectivity index (χ0v) is 16.0. The van der Waals surface area contributed by atoms with Crippen LogP contribution in [0.5, 0.6) is 5.75 Å². The largest absolute Gasteiger partial charge is 0.590 e. The number of fused-ring (bicyclic) bond motifs is 1. The number of benzene rings is 1. The number of aliphatic hydroxyl groups is 1. The predicted octanol–water partition coefficient (Wildman–Crippen LogP) is 3.27. The second kappa shape index (κ2) is 6.66. The number of nitrogens with one attached hydrogen (secondary N) is 1. The Kier molecular flexibility index (Phi) is 4.83. The molecule has 2 heterocycles. The Morgan fingerprint density at radius 1 is 1.31 bits per heavy atom. The van der Waals surface area contributed by atoms with Crippen molar-refractivity contribution in [3.05, 3.63) is 50.7 Å². The van der Waals surface area contributed by atoms with Crippen molar-refractivity contribution in [3.63, 3.8) is 0 Å². The van der Waals surface area contributed by atoms with Gasteiger partial charge in [0, 0.05) is 23.6 Å². The minimum atomic E-state index is -1.80. The second-order valence-corrected chi connectivity index (χ2v) is 8.52. The highest BCUT2D eigenvalue weighted by Gasteiger charge is 2.49. The first-order valence-corrected chi connectivity index (χ1v) is 9.46. The number of Topliss-reactive ketones (excluding diaryl/α,β-unsaturated/α-hetero) is 1. The number of hydrogen-bond acceptors (Lipinski definition) is 5. The van der Waals surface area contributed by atoms with E-state index in [0.29, 0.717) is 10.6 Å². The van der Waals surface area contributed by atoms with Crippen LogP contribution in [0.1, 0.15) is 51.7 Å². The van der Waals surface area contributed by atoms with Crippen molar-refractivity contribution in [1.29, 1.82) is 0 Å². The molecule has 1 aromatic carbocycles. The third-order valence-electron chi connectivity index (χ3n) is 4.33. The minimum absolute atomic E-state index is 0.0886. The topological polar surface area (TPSA) is 98.7 Å². The van der Waals surface area contributed by atoms with Gasteiger partial charge >= 0.3 is 0 Å². The van der Waals surface area contributed by atoms with Gasteiger partial charge in [-0.2, -0.15) is 0 Å². The maximum absolute atomic E-state index is 12.7. The van der Waals surface area contributed by atoms with Crippen molar-refractivity contribution in [2.45, 2.75) is 38.5 Å². The molecule has 1 amide bonds. The summed E-state index contributed by atoms with van der Waals surface area (Å²) < 4.78 is 18.4. The number of ketones is 1. The quantitative estimate of drug-likeness (QED) is 0.613. The molecule has 3 rings (SSSR count). The summed E-state index contributed by atoms with van der Waals surface area (Å²) in [5.41, 5.74) is -0.694. The highest BCUT2D eigenvalue weighted by atomic mass is 35.5. The molecule has 6 nitrogen and oxygen atoms in total. The van der Waals surface area contributed by atoms with E-state index in [1.54, 1.807) is 38.1 Å². The van der Waals surface area contributed by atoms with Gasteiger partial charge in [-0.15, -0.1) is 0 Å². The summed E-state index contributed by atoms with van der Waals surface area (Å²) in [4.78, 5) is 24.6. The molecule has 0 saturated heterocycles. The van der Waals surface area contributed by atoms with Crippen molar-refractivity contribution in [2.75, 3.05) is 0 Å². The summed E-state index contributed by atoms with van der Waals surface area (Å²) in [5, 5.41) is 13.9. The van der Waals surface area contributed by atoms with Gasteiger partial charge in [0.05, 0.1) is 0 Å². The van der Waals surface area contributed by atoms with Crippen molar-refractivity contribution < 1.29 is 24.0 Å². The molecule has 0 spiro atoms. The van der Waals surface area contributed by atoms with Crippen LogP contribution < -0.4 is 10.1 Å². The lowest BCUT2D eigenvalue weighted by Gasteiger charge is -2.39. The Bertz CT molecular complexity index is 874. The molecular formula is C18H18ClNO5S. The third kappa shape index (κ3) is 3.23. The fourth-order valence-electron chi connectivity index (χ4n) is 2.89. The summed E-state index contributed by atoms with van der Waals surface area (Å²) in [5.74, 6) is -0.551. The maximum Gasteiger partial charge on any atom is 0.252 e. The normalized spacial score (nSPS) is 21.5. The SMILES string of the molecule is CC(=O)c1cc2c([s+]1[O-])[C@@H](NC(=O)c1ccc(Cl)cc1)[C@H](O)C(C)(C)O2. The molecule has 1 unspecified atom stereocenters. The Balaban J connectivity index is 2.01. The summed E-state index contributed by atoms with van der Waals surface area (Å²) in [6, 6.07) is 6.72. The monoisotopic (exact) mass is 395 g/mol. The number of halogens is 1. The van der Waals surface area contributed by atoms with Gasteiger partial charge in [-0.25, -0.2) is 0 Å². The van der Waals surface area contributed by atoms with Crippen LogP contribution in [0.4, 0.5) is 0 Å². The molecule has 0 bridgehead atoms.